The lowest BCUT2D eigenvalue weighted by atomic mass is 10.1. The molecule has 9 heteroatoms. The third kappa shape index (κ3) is 3.95. The molecule has 168 valence electrons. The highest BCUT2D eigenvalue weighted by molar-refractivity contribution is 6.01. The summed E-state index contributed by atoms with van der Waals surface area (Å²) in [6, 6.07) is 9.77. The van der Waals surface area contributed by atoms with Gasteiger partial charge in [-0.3, -0.25) is 0 Å². The molecular formula is C24H25N7O2. The van der Waals surface area contributed by atoms with E-state index in [0.29, 0.717) is 43.9 Å². The number of benzene rings is 2. The van der Waals surface area contributed by atoms with Crippen molar-refractivity contribution in [3.05, 3.63) is 47.9 Å². The molecule has 1 saturated carbocycles. The van der Waals surface area contributed by atoms with Crippen LogP contribution in [0.5, 0.6) is 0 Å². The molecule has 6 rings (SSSR count). The number of nitrogens with one attached hydrogen (secondary N) is 3. The Morgan fingerprint density at radius 3 is 2.82 bits per heavy atom. The minimum atomic E-state index is -0.148. The highest BCUT2D eigenvalue weighted by Crippen LogP contribution is 2.40. The van der Waals surface area contributed by atoms with Crippen LogP contribution in [0.4, 0.5) is 22.1 Å². The van der Waals surface area contributed by atoms with Crippen molar-refractivity contribution in [2.45, 2.75) is 25.7 Å². The minimum absolute atomic E-state index is 0.148. The Bertz CT molecular complexity index is 1360. The van der Waals surface area contributed by atoms with Gasteiger partial charge in [0.15, 0.2) is 0 Å². The number of carbonyl (C=O) groups excluding carboxylic acids is 1. The van der Waals surface area contributed by atoms with E-state index in [1.807, 2.05) is 43.5 Å². The van der Waals surface area contributed by atoms with E-state index in [4.69, 9.17) is 14.7 Å². The molecule has 2 aliphatic rings. The number of morpholine rings is 1. The molecule has 1 saturated heterocycles. The molecule has 33 heavy (non-hydrogen) atoms. The number of H-pyrrole nitrogens is 1. The van der Waals surface area contributed by atoms with Gasteiger partial charge in [0.05, 0.1) is 29.9 Å². The normalized spacial score (nSPS) is 16.3. The van der Waals surface area contributed by atoms with Gasteiger partial charge in [-0.1, -0.05) is 18.2 Å². The molecule has 4 aromatic rings. The molecule has 0 radical (unpaired) electrons. The maximum absolute atomic E-state index is 12.9. The van der Waals surface area contributed by atoms with E-state index in [1.165, 1.54) is 0 Å². The van der Waals surface area contributed by atoms with E-state index in [9.17, 15) is 4.79 Å². The minimum Gasteiger partial charge on any atom is -0.378 e. The number of imidazole rings is 1. The van der Waals surface area contributed by atoms with Gasteiger partial charge in [-0.05, 0) is 37.5 Å². The van der Waals surface area contributed by atoms with Gasteiger partial charge in [-0.25, -0.2) is 19.7 Å². The molecule has 3 heterocycles. The summed E-state index contributed by atoms with van der Waals surface area (Å²) in [5.41, 5.74) is 5.07. The van der Waals surface area contributed by atoms with E-state index >= 15 is 0 Å². The average molecular weight is 444 g/mol. The standard InChI is InChI=1S/C24H25N7O2/c1-14-3-2-4-16-13-25-23(30-20(14)16)26-17-11-18-21(29-22(27-18)15-5-6-15)19(12-17)28-24(32)31-7-9-33-10-8-31/h2-4,11-13,15H,5-10H2,1H3,(H,27,29)(H,28,32)(H,25,26,30). The van der Waals surface area contributed by atoms with Crippen molar-refractivity contribution < 1.29 is 9.53 Å². The lowest BCUT2D eigenvalue weighted by Crippen LogP contribution is -2.43. The predicted molar refractivity (Wildman–Crippen MR) is 127 cm³/mol. The quantitative estimate of drug-likeness (QED) is 0.434. The molecule has 1 aliphatic heterocycles. The summed E-state index contributed by atoms with van der Waals surface area (Å²) in [7, 11) is 0. The summed E-state index contributed by atoms with van der Waals surface area (Å²) in [6.45, 7) is 4.29. The first-order chi connectivity index (χ1) is 16.1. The van der Waals surface area contributed by atoms with Gasteiger partial charge >= 0.3 is 6.03 Å². The van der Waals surface area contributed by atoms with E-state index < -0.39 is 0 Å². The lowest BCUT2D eigenvalue weighted by molar-refractivity contribution is 0.0565. The van der Waals surface area contributed by atoms with Crippen LogP contribution in [-0.4, -0.2) is 57.2 Å². The Labute approximate surface area is 190 Å². The van der Waals surface area contributed by atoms with Gasteiger partial charge < -0.3 is 25.3 Å². The van der Waals surface area contributed by atoms with Crippen LogP contribution in [0.15, 0.2) is 36.5 Å². The van der Waals surface area contributed by atoms with Crippen molar-refractivity contribution in [2.24, 2.45) is 0 Å². The monoisotopic (exact) mass is 443 g/mol. The molecule has 1 aliphatic carbocycles. The van der Waals surface area contributed by atoms with E-state index in [-0.39, 0.29) is 6.03 Å². The van der Waals surface area contributed by atoms with E-state index in [0.717, 1.165) is 51.9 Å². The zero-order chi connectivity index (χ0) is 22.4. The predicted octanol–water partition coefficient (Wildman–Crippen LogP) is 4.30. The average Bonchev–Trinajstić information content (AvgIpc) is 3.59. The number of aromatic amines is 1. The number of nitrogens with zero attached hydrogens (tertiary/aromatic N) is 4. The topological polar surface area (TPSA) is 108 Å². The van der Waals surface area contributed by atoms with Gasteiger partial charge in [0.25, 0.3) is 0 Å². The fourth-order valence-corrected chi connectivity index (χ4v) is 4.21. The third-order valence-electron chi connectivity index (χ3n) is 6.18. The van der Waals surface area contributed by atoms with Gasteiger partial charge in [0.1, 0.15) is 11.3 Å². The molecule has 0 unspecified atom stereocenters. The fraction of sp³-hybridized carbons (Fsp3) is 0.333. The van der Waals surface area contributed by atoms with Crippen LogP contribution in [0.1, 0.15) is 30.1 Å². The van der Waals surface area contributed by atoms with Crippen molar-refractivity contribution in [3.63, 3.8) is 0 Å². The molecule has 0 atom stereocenters. The number of hydrogen-bond donors (Lipinski definition) is 3. The Morgan fingerprint density at radius 1 is 1.15 bits per heavy atom. The molecular weight excluding hydrogens is 418 g/mol. The molecule has 2 fully saturated rings. The summed E-state index contributed by atoms with van der Waals surface area (Å²) in [6.07, 6.45) is 4.11. The molecule has 2 aromatic carbocycles. The number of carbonyl (C=O) groups is 1. The number of para-hydroxylation sites is 1. The van der Waals surface area contributed by atoms with Crippen LogP contribution in [0.2, 0.25) is 0 Å². The molecule has 0 bridgehead atoms. The highest BCUT2D eigenvalue weighted by Gasteiger charge is 2.28. The van der Waals surface area contributed by atoms with Crippen LogP contribution in [-0.2, 0) is 4.74 Å². The van der Waals surface area contributed by atoms with Gasteiger partial charge in [0, 0.05) is 36.3 Å². The largest absolute Gasteiger partial charge is 0.378 e. The number of anilines is 3. The van der Waals surface area contributed by atoms with Crippen molar-refractivity contribution in [1.29, 1.82) is 0 Å². The summed E-state index contributed by atoms with van der Waals surface area (Å²) in [5.74, 6) is 1.95. The van der Waals surface area contributed by atoms with Gasteiger partial charge in [-0.15, -0.1) is 0 Å². The second-order valence-corrected chi connectivity index (χ2v) is 8.68. The summed E-state index contributed by atoms with van der Waals surface area (Å²) >= 11 is 0. The molecule has 9 nitrogen and oxygen atoms in total. The number of amides is 2. The van der Waals surface area contributed by atoms with Gasteiger partial charge in [-0.2, -0.15) is 0 Å². The number of rotatable bonds is 4. The number of aromatic nitrogens is 4. The summed E-state index contributed by atoms with van der Waals surface area (Å²) in [4.78, 5) is 32.1. The first kappa shape index (κ1) is 19.9. The van der Waals surface area contributed by atoms with Crippen LogP contribution in [0.25, 0.3) is 21.9 Å². The van der Waals surface area contributed by atoms with Crippen molar-refractivity contribution in [1.82, 2.24) is 24.8 Å². The van der Waals surface area contributed by atoms with Crippen molar-refractivity contribution >= 4 is 45.3 Å². The third-order valence-corrected chi connectivity index (χ3v) is 6.18. The van der Waals surface area contributed by atoms with Crippen LogP contribution < -0.4 is 10.6 Å². The Balaban J connectivity index is 1.35. The Hall–Kier alpha value is -3.72. The van der Waals surface area contributed by atoms with Crippen LogP contribution in [0.3, 0.4) is 0 Å². The summed E-state index contributed by atoms with van der Waals surface area (Å²) in [5, 5.41) is 7.37. The summed E-state index contributed by atoms with van der Waals surface area (Å²) < 4.78 is 5.37. The van der Waals surface area contributed by atoms with Crippen LogP contribution >= 0.6 is 0 Å². The highest BCUT2D eigenvalue weighted by atomic mass is 16.5. The van der Waals surface area contributed by atoms with E-state index in [1.54, 1.807) is 4.90 Å². The first-order valence-corrected chi connectivity index (χ1v) is 11.3. The molecule has 0 spiro atoms. The smallest absolute Gasteiger partial charge is 0.322 e. The zero-order valence-electron chi connectivity index (χ0n) is 18.4. The fourth-order valence-electron chi connectivity index (χ4n) is 4.21. The van der Waals surface area contributed by atoms with E-state index in [2.05, 4.69) is 20.6 Å². The number of ether oxygens (including phenoxy) is 1. The Morgan fingerprint density at radius 2 is 2.00 bits per heavy atom. The SMILES string of the molecule is Cc1cccc2cnc(Nc3cc(NC(=O)N4CCOCC4)c4nc(C5CC5)[nH]c4c3)nc12. The number of urea groups is 1. The van der Waals surface area contributed by atoms with Crippen LogP contribution in [0, 0.1) is 6.92 Å². The molecule has 2 aromatic heterocycles. The first-order valence-electron chi connectivity index (χ1n) is 11.3. The molecule has 3 N–H and O–H groups in total. The maximum Gasteiger partial charge on any atom is 0.322 e. The number of fused-ring (bicyclic) bond motifs is 2. The number of hydrogen-bond acceptors (Lipinski definition) is 6. The maximum atomic E-state index is 12.9. The zero-order valence-corrected chi connectivity index (χ0v) is 18.4. The number of aryl methyl sites for hydroxylation is 1. The van der Waals surface area contributed by atoms with Crippen molar-refractivity contribution in [3.8, 4) is 0 Å². The molecule has 2 amide bonds. The second kappa shape index (κ2) is 8.00. The van der Waals surface area contributed by atoms with Crippen molar-refractivity contribution in [2.75, 3.05) is 36.9 Å². The Kier molecular flexibility index (Phi) is 4.83. The second-order valence-electron chi connectivity index (χ2n) is 8.68. The van der Waals surface area contributed by atoms with Gasteiger partial charge in [0.2, 0.25) is 5.95 Å². The lowest BCUT2D eigenvalue weighted by Gasteiger charge is -2.27.